The molecule has 0 aliphatic heterocycles. The molecule has 1 amide bonds. The van der Waals surface area contributed by atoms with Crippen molar-refractivity contribution in [1.82, 2.24) is 5.32 Å². The molecule has 0 heterocycles. The molecule has 0 bridgehead atoms. The van der Waals surface area contributed by atoms with Crippen LogP contribution >= 0.6 is 0 Å². The fraction of sp³-hybridized carbons (Fsp3) is 0.848. The van der Waals surface area contributed by atoms with Crippen LogP contribution < -0.4 is 5.32 Å². The largest absolute Gasteiger partial charge is 0.480 e. The second-order valence-electron chi connectivity index (χ2n) is 15.3. The van der Waals surface area contributed by atoms with Crippen molar-refractivity contribution in [3.63, 3.8) is 0 Å². The van der Waals surface area contributed by atoms with Gasteiger partial charge in [0, 0.05) is 12.8 Å². The van der Waals surface area contributed by atoms with E-state index in [1.165, 1.54) is 141 Å². The molecule has 52 heavy (non-hydrogen) atoms. The molecule has 304 valence electrons. The van der Waals surface area contributed by atoms with Crippen molar-refractivity contribution in [3.8, 4) is 0 Å². The summed E-state index contributed by atoms with van der Waals surface area (Å²) in [6.07, 6.45) is 50.3. The Hall–Kier alpha value is -2.11. The van der Waals surface area contributed by atoms with Gasteiger partial charge in [-0.05, 0) is 70.6 Å². The summed E-state index contributed by atoms with van der Waals surface area (Å²) in [5.74, 6) is -1.23. The number of carbonyl (C=O) groups excluding carboxylic acids is 2. The lowest BCUT2D eigenvalue weighted by molar-refractivity contribution is -0.150. The fourth-order valence-corrected chi connectivity index (χ4v) is 6.78. The maximum Gasteiger partial charge on any atom is 0.322 e. The molecule has 0 radical (unpaired) electrons. The summed E-state index contributed by atoms with van der Waals surface area (Å²) in [4.78, 5) is 34.9. The highest BCUT2D eigenvalue weighted by atomic mass is 16.5. The van der Waals surface area contributed by atoms with Gasteiger partial charge in [-0.2, -0.15) is 0 Å². The summed E-state index contributed by atoms with van der Waals surface area (Å²) >= 11 is 0. The minimum Gasteiger partial charge on any atom is -0.480 e. The van der Waals surface area contributed by atoms with Gasteiger partial charge in [0.15, 0.2) is 0 Å². The zero-order valence-electron chi connectivity index (χ0n) is 34.4. The average molecular weight is 732 g/mol. The molecule has 0 aromatic rings. The van der Waals surface area contributed by atoms with E-state index < -0.39 is 5.97 Å². The predicted molar refractivity (Wildman–Crippen MR) is 222 cm³/mol. The highest BCUT2D eigenvalue weighted by Gasteiger charge is 2.14. The second-order valence-corrected chi connectivity index (χ2v) is 15.3. The normalized spacial score (nSPS) is 12.2. The maximum absolute atomic E-state index is 12.7. The number of esters is 1. The number of carboxylic acid groups (broad SMARTS) is 1. The lowest BCUT2D eigenvalue weighted by Gasteiger charge is -2.18. The number of ether oxygens (including phenoxy) is 1. The van der Waals surface area contributed by atoms with Crippen molar-refractivity contribution in [1.29, 1.82) is 0 Å². The van der Waals surface area contributed by atoms with Crippen LogP contribution in [0, 0.1) is 0 Å². The molecule has 0 aliphatic carbocycles. The molecule has 0 fully saturated rings. The fourth-order valence-electron chi connectivity index (χ4n) is 6.78. The second kappa shape index (κ2) is 41.6. The number of carbonyl (C=O) groups is 3. The number of hydrogen-bond acceptors (Lipinski definition) is 4. The van der Waals surface area contributed by atoms with Crippen molar-refractivity contribution in [2.75, 3.05) is 6.54 Å². The predicted octanol–water partition coefficient (Wildman–Crippen LogP) is 13.9. The van der Waals surface area contributed by atoms with Crippen LogP contribution in [0.2, 0.25) is 0 Å². The van der Waals surface area contributed by atoms with E-state index in [-0.39, 0.29) is 24.5 Å². The van der Waals surface area contributed by atoms with Gasteiger partial charge in [0.05, 0.1) is 0 Å². The highest BCUT2D eigenvalue weighted by Crippen LogP contribution is 2.19. The van der Waals surface area contributed by atoms with Gasteiger partial charge >= 0.3 is 11.9 Å². The molecule has 6 nitrogen and oxygen atoms in total. The smallest absolute Gasteiger partial charge is 0.322 e. The van der Waals surface area contributed by atoms with Gasteiger partial charge in [0.25, 0.3) is 0 Å². The minimum atomic E-state index is -1.01. The molecule has 6 heteroatoms. The van der Waals surface area contributed by atoms with E-state index >= 15 is 0 Å². The van der Waals surface area contributed by atoms with Crippen LogP contribution in [0.3, 0.4) is 0 Å². The molecule has 0 aromatic heterocycles. The lowest BCUT2D eigenvalue weighted by atomic mass is 10.0. The summed E-state index contributed by atoms with van der Waals surface area (Å²) in [6, 6.07) is 0. The zero-order chi connectivity index (χ0) is 38.0. The van der Waals surface area contributed by atoms with Crippen LogP contribution in [0.25, 0.3) is 0 Å². The van der Waals surface area contributed by atoms with Gasteiger partial charge in [-0.3, -0.25) is 14.4 Å². The molecule has 0 saturated heterocycles. The summed E-state index contributed by atoms with van der Waals surface area (Å²) in [5.41, 5.74) is 0. The van der Waals surface area contributed by atoms with Gasteiger partial charge in [-0.1, -0.05) is 179 Å². The molecule has 2 N–H and O–H groups in total. The zero-order valence-corrected chi connectivity index (χ0v) is 34.4. The average Bonchev–Trinajstić information content (AvgIpc) is 3.13. The number of hydrogen-bond donors (Lipinski definition) is 2. The van der Waals surface area contributed by atoms with Crippen molar-refractivity contribution in [2.24, 2.45) is 0 Å². The van der Waals surface area contributed by atoms with Gasteiger partial charge < -0.3 is 15.2 Å². The van der Waals surface area contributed by atoms with Gasteiger partial charge in [0.2, 0.25) is 5.91 Å². The first-order valence-electron chi connectivity index (χ1n) is 22.5. The van der Waals surface area contributed by atoms with E-state index in [1.54, 1.807) is 0 Å². The van der Waals surface area contributed by atoms with E-state index in [2.05, 4.69) is 43.5 Å². The van der Waals surface area contributed by atoms with Crippen LogP contribution in [0.4, 0.5) is 0 Å². The summed E-state index contributed by atoms with van der Waals surface area (Å²) < 4.78 is 6.00. The number of aliphatic carboxylic acids is 1. The SMILES string of the molecule is CCCCCCC/C=C\C/C=C\CCCCCCCCCCCCCC(=O)OC(CCCCCCCCC)CCCCCCCC(=O)NCC(=O)O. The Labute approximate surface area is 322 Å². The van der Waals surface area contributed by atoms with Crippen molar-refractivity contribution in [2.45, 2.75) is 245 Å². The first-order chi connectivity index (χ1) is 25.5. The Bertz CT molecular complexity index is 854. The quantitative estimate of drug-likeness (QED) is 0.0371. The topological polar surface area (TPSA) is 92.7 Å². The van der Waals surface area contributed by atoms with Crippen molar-refractivity contribution >= 4 is 17.8 Å². The van der Waals surface area contributed by atoms with Crippen LogP contribution in [0.5, 0.6) is 0 Å². The molecule has 0 spiro atoms. The molecule has 0 saturated carbocycles. The Balaban J connectivity index is 3.89. The number of unbranched alkanes of at least 4 members (excludes halogenated alkanes) is 26. The van der Waals surface area contributed by atoms with Crippen molar-refractivity contribution < 1.29 is 24.2 Å². The first-order valence-corrected chi connectivity index (χ1v) is 22.5. The summed E-state index contributed by atoms with van der Waals surface area (Å²) in [7, 11) is 0. The highest BCUT2D eigenvalue weighted by molar-refractivity contribution is 5.80. The first kappa shape index (κ1) is 49.9. The van der Waals surface area contributed by atoms with Crippen LogP contribution in [-0.2, 0) is 19.1 Å². The third-order valence-corrected chi connectivity index (χ3v) is 10.1. The monoisotopic (exact) mass is 732 g/mol. The maximum atomic E-state index is 12.7. The molecule has 0 rings (SSSR count). The van der Waals surface area contributed by atoms with E-state index in [1.807, 2.05) is 0 Å². The number of rotatable bonds is 41. The van der Waals surface area contributed by atoms with Crippen LogP contribution in [0.15, 0.2) is 24.3 Å². The number of amides is 1. The van der Waals surface area contributed by atoms with E-state index in [4.69, 9.17) is 9.84 Å². The third-order valence-electron chi connectivity index (χ3n) is 10.1. The Morgan fingerprint density at radius 3 is 1.33 bits per heavy atom. The standard InChI is InChI=1S/C46H85NO5/c1-3-5-7-9-11-12-13-14-15-16-17-18-19-20-21-22-23-24-25-26-28-33-37-41-46(51)52-43(38-34-30-27-10-8-6-4-2)39-35-31-29-32-36-40-44(48)47-42-45(49)50/h13-14,16-17,43H,3-12,15,18-42H2,1-2H3,(H,47,48)(H,49,50)/b14-13-,17-16-. The molecule has 0 aliphatic rings. The van der Waals surface area contributed by atoms with Crippen molar-refractivity contribution in [3.05, 3.63) is 24.3 Å². The molecule has 1 atom stereocenters. The summed E-state index contributed by atoms with van der Waals surface area (Å²) in [5, 5.41) is 11.1. The van der Waals surface area contributed by atoms with Gasteiger partial charge in [0.1, 0.15) is 12.6 Å². The lowest BCUT2D eigenvalue weighted by Crippen LogP contribution is -2.28. The van der Waals surface area contributed by atoms with E-state index in [0.29, 0.717) is 12.8 Å². The van der Waals surface area contributed by atoms with Crippen LogP contribution in [0.1, 0.15) is 239 Å². The van der Waals surface area contributed by atoms with E-state index in [0.717, 1.165) is 70.6 Å². The minimum absolute atomic E-state index is 0.0175. The van der Waals surface area contributed by atoms with Crippen LogP contribution in [-0.4, -0.2) is 35.6 Å². The van der Waals surface area contributed by atoms with Gasteiger partial charge in [-0.15, -0.1) is 0 Å². The van der Waals surface area contributed by atoms with E-state index in [9.17, 15) is 14.4 Å². The molecule has 0 aromatic carbocycles. The molecular formula is C46H85NO5. The number of nitrogens with one attached hydrogen (secondary N) is 1. The summed E-state index contributed by atoms with van der Waals surface area (Å²) in [6.45, 7) is 4.21. The number of carboxylic acids is 1. The Morgan fingerprint density at radius 1 is 0.500 bits per heavy atom. The third kappa shape index (κ3) is 40.7. The van der Waals surface area contributed by atoms with Gasteiger partial charge in [-0.25, -0.2) is 0 Å². The number of allylic oxidation sites excluding steroid dienone is 4. The molecular weight excluding hydrogens is 647 g/mol. The Morgan fingerprint density at radius 2 is 0.885 bits per heavy atom. The molecule has 1 unspecified atom stereocenters. The Kier molecular flexibility index (Phi) is 40.0.